The number of carbonyl (C=O) groups is 2. The number of nitrogens with zero attached hydrogens (tertiary/aromatic N) is 1. The molecule has 1 aromatic carbocycles. The highest BCUT2D eigenvalue weighted by molar-refractivity contribution is 7.13. The molecule has 0 radical (unpaired) electrons. The summed E-state index contributed by atoms with van der Waals surface area (Å²) >= 11 is 1.47. The van der Waals surface area contributed by atoms with E-state index in [1.54, 1.807) is 0 Å². The molecule has 0 unspecified atom stereocenters. The Morgan fingerprint density at radius 3 is 2.66 bits per heavy atom. The minimum atomic E-state index is -0.262. The highest BCUT2D eigenvalue weighted by atomic mass is 32.1. The number of hydrogen-bond acceptors (Lipinski definition) is 4. The minimum absolute atomic E-state index is 0.0863. The average molecular weight is 454 g/mol. The van der Waals surface area contributed by atoms with Gasteiger partial charge in [0.25, 0.3) is 0 Å². The molecule has 1 amide bonds. The van der Waals surface area contributed by atoms with Crippen LogP contribution in [0.25, 0.3) is 0 Å². The van der Waals surface area contributed by atoms with Crippen LogP contribution in [0.5, 0.6) is 0 Å². The molecule has 2 aromatic rings. The first-order valence-electron chi connectivity index (χ1n) is 11.8. The van der Waals surface area contributed by atoms with E-state index in [1.165, 1.54) is 42.6 Å². The minimum Gasteiger partial charge on any atom is -0.459 e. The van der Waals surface area contributed by atoms with E-state index in [4.69, 9.17) is 4.74 Å². The summed E-state index contributed by atoms with van der Waals surface area (Å²) in [6.07, 6.45) is 12.4. The number of esters is 1. The van der Waals surface area contributed by atoms with Crippen LogP contribution in [0.15, 0.2) is 48.6 Å². The van der Waals surface area contributed by atoms with Gasteiger partial charge in [0.05, 0.1) is 12.1 Å². The van der Waals surface area contributed by atoms with Gasteiger partial charge in [-0.25, -0.2) is 4.79 Å². The van der Waals surface area contributed by atoms with Crippen molar-refractivity contribution in [1.82, 2.24) is 0 Å². The molecule has 32 heavy (non-hydrogen) atoms. The number of thiophene rings is 1. The summed E-state index contributed by atoms with van der Waals surface area (Å²) in [5, 5.41) is 0. The van der Waals surface area contributed by atoms with E-state index < -0.39 is 0 Å². The van der Waals surface area contributed by atoms with Crippen molar-refractivity contribution in [2.45, 2.75) is 84.3 Å². The van der Waals surface area contributed by atoms with Gasteiger partial charge in [0.15, 0.2) is 0 Å². The van der Waals surface area contributed by atoms with E-state index in [0.29, 0.717) is 11.3 Å². The highest BCUT2D eigenvalue weighted by Gasteiger charge is 2.30. The van der Waals surface area contributed by atoms with E-state index in [-0.39, 0.29) is 24.0 Å². The number of aryl methyl sites for hydroxylation is 1. The second kappa shape index (κ2) is 12.0. The van der Waals surface area contributed by atoms with E-state index in [0.717, 1.165) is 29.8 Å². The van der Waals surface area contributed by atoms with Crippen LogP contribution in [0, 0.1) is 0 Å². The van der Waals surface area contributed by atoms with Gasteiger partial charge in [-0.2, -0.15) is 0 Å². The number of carbonyl (C=O) groups excluding carboxylic acids is 2. The first kappa shape index (κ1) is 24.2. The lowest BCUT2D eigenvalue weighted by Crippen LogP contribution is -2.31. The molecule has 1 fully saturated rings. The molecule has 2 heterocycles. The molecule has 0 aliphatic carbocycles. The lowest BCUT2D eigenvalue weighted by molar-refractivity contribution is -0.117. The maximum atomic E-state index is 12.6. The number of ether oxygens (including phenoxy) is 1. The maximum absolute atomic E-state index is 12.6. The second-order valence-electron chi connectivity index (χ2n) is 8.70. The third-order valence-corrected chi connectivity index (χ3v) is 6.76. The monoisotopic (exact) mass is 453 g/mol. The zero-order valence-corrected chi connectivity index (χ0v) is 20.3. The molecule has 0 bridgehead atoms. The van der Waals surface area contributed by atoms with Crippen LogP contribution in [0.4, 0.5) is 5.69 Å². The number of unbranched alkanes of at least 4 members (excludes halogenated alkanes) is 3. The van der Waals surface area contributed by atoms with E-state index in [1.807, 2.05) is 30.9 Å². The van der Waals surface area contributed by atoms with Crippen LogP contribution in [-0.4, -0.2) is 24.0 Å². The standard InChI is InChI=1S/C27H35NO3S/c1-4-5-6-7-9-21-12-14-23(15-13-21)28-22(16-19-26(28)29)10-8-11-24-17-18-25(32-24)27(30)31-20(2)3/h8,10,12-15,17-18,20,22H,4-7,9,11,16,19H2,1-3H3/b10-8-/t22-/m0/s1. The smallest absolute Gasteiger partial charge is 0.348 e. The fourth-order valence-electron chi connectivity index (χ4n) is 4.01. The van der Waals surface area contributed by atoms with Crippen molar-refractivity contribution >= 4 is 28.9 Å². The number of allylic oxidation sites excluding steroid dienone is 1. The fraction of sp³-hybridized carbons (Fsp3) is 0.481. The van der Waals surface area contributed by atoms with Crippen LogP contribution >= 0.6 is 11.3 Å². The molecular formula is C27H35NO3S. The van der Waals surface area contributed by atoms with E-state index >= 15 is 0 Å². The van der Waals surface area contributed by atoms with Crippen molar-refractivity contribution in [2.24, 2.45) is 0 Å². The lowest BCUT2D eigenvalue weighted by Gasteiger charge is -2.23. The Labute approximate surface area is 196 Å². The summed E-state index contributed by atoms with van der Waals surface area (Å²) in [5.41, 5.74) is 2.32. The summed E-state index contributed by atoms with van der Waals surface area (Å²) in [6, 6.07) is 12.4. The van der Waals surface area contributed by atoms with Gasteiger partial charge in [-0.15, -0.1) is 11.3 Å². The van der Waals surface area contributed by atoms with E-state index in [2.05, 4.69) is 43.3 Å². The summed E-state index contributed by atoms with van der Waals surface area (Å²) in [5.74, 6) is -0.0770. The van der Waals surface area contributed by atoms with Crippen molar-refractivity contribution in [3.8, 4) is 0 Å². The summed E-state index contributed by atoms with van der Waals surface area (Å²) in [4.78, 5) is 28.3. The van der Waals surface area contributed by atoms with Crippen LogP contribution < -0.4 is 4.90 Å². The SMILES string of the molecule is CCCCCCc1ccc(N2C(=O)CC[C@@H]2/C=C\Cc2ccc(C(=O)OC(C)C)s2)cc1. The maximum Gasteiger partial charge on any atom is 0.348 e. The summed E-state index contributed by atoms with van der Waals surface area (Å²) in [7, 11) is 0. The molecule has 3 rings (SSSR count). The largest absolute Gasteiger partial charge is 0.459 e. The van der Waals surface area contributed by atoms with Crippen LogP contribution in [-0.2, 0) is 22.4 Å². The summed E-state index contributed by atoms with van der Waals surface area (Å²) < 4.78 is 5.26. The first-order valence-corrected chi connectivity index (χ1v) is 12.7. The number of hydrogen-bond donors (Lipinski definition) is 0. The molecule has 1 aromatic heterocycles. The predicted molar refractivity (Wildman–Crippen MR) is 133 cm³/mol. The molecule has 5 heteroatoms. The predicted octanol–water partition coefficient (Wildman–Crippen LogP) is 6.73. The molecule has 0 spiro atoms. The fourth-order valence-corrected chi connectivity index (χ4v) is 4.88. The topological polar surface area (TPSA) is 46.6 Å². The van der Waals surface area contributed by atoms with Crippen LogP contribution in [0.1, 0.15) is 79.4 Å². The Bertz CT molecular complexity index is 913. The Balaban J connectivity index is 1.57. The van der Waals surface area contributed by atoms with Crippen molar-refractivity contribution in [2.75, 3.05) is 4.90 Å². The quantitative estimate of drug-likeness (QED) is 0.215. The third-order valence-electron chi connectivity index (χ3n) is 5.67. The Kier molecular flexibility index (Phi) is 9.10. The van der Waals surface area contributed by atoms with Crippen molar-refractivity contribution in [3.63, 3.8) is 0 Å². The molecule has 1 atom stereocenters. The van der Waals surface area contributed by atoms with Crippen molar-refractivity contribution in [3.05, 3.63) is 63.9 Å². The average Bonchev–Trinajstić information content (AvgIpc) is 3.38. The van der Waals surface area contributed by atoms with Gasteiger partial charge in [-0.1, -0.05) is 50.5 Å². The zero-order chi connectivity index (χ0) is 22.9. The van der Waals surface area contributed by atoms with Crippen molar-refractivity contribution < 1.29 is 14.3 Å². The number of amides is 1. The van der Waals surface area contributed by atoms with Gasteiger partial charge in [0.2, 0.25) is 5.91 Å². The molecule has 1 aliphatic rings. The second-order valence-corrected chi connectivity index (χ2v) is 9.87. The van der Waals surface area contributed by atoms with Crippen molar-refractivity contribution in [1.29, 1.82) is 0 Å². The van der Waals surface area contributed by atoms with Gasteiger partial charge < -0.3 is 9.64 Å². The van der Waals surface area contributed by atoms with Gasteiger partial charge in [-0.05, 0) is 69.4 Å². The first-order chi connectivity index (χ1) is 15.5. The number of rotatable bonds is 11. The summed E-state index contributed by atoms with van der Waals surface area (Å²) in [6.45, 7) is 5.93. The van der Waals surface area contributed by atoms with Crippen LogP contribution in [0.2, 0.25) is 0 Å². The Hall–Kier alpha value is -2.40. The molecule has 0 saturated carbocycles. The molecule has 4 nitrogen and oxygen atoms in total. The third kappa shape index (κ3) is 6.80. The Morgan fingerprint density at radius 1 is 1.16 bits per heavy atom. The number of anilines is 1. The van der Waals surface area contributed by atoms with Crippen LogP contribution in [0.3, 0.4) is 0 Å². The molecular weight excluding hydrogens is 418 g/mol. The Morgan fingerprint density at radius 2 is 1.94 bits per heavy atom. The van der Waals surface area contributed by atoms with Gasteiger partial charge in [0, 0.05) is 17.0 Å². The molecule has 172 valence electrons. The zero-order valence-electron chi connectivity index (χ0n) is 19.5. The number of benzene rings is 1. The highest BCUT2D eigenvalue weighted by Crippen LogP contribution is 2.28. The van der Waals surface area contributed by atoms with E-state index in [9.17, 15) is 9.59 Å². The molecule has 1 saturated heterocycles. The lowest BCUT2D eigenvalue weighted by atomic mass is 10.1. The normalized spacial score (nSPS) is 16.4. The van der Waals surface area contributed by atoms with Gasteiger partial charge in [-0.3, -0.25) is 4.79 Å². The molecule has 0 N–H and O–H groups in total. The van der Waals surface area contributed by atoms with Gasteiger partial charge in [0.1, 0.15) is 4.88 Å². The van der Waals surface area contributed by atoms with Gasteiger partial charge >= 0.3 is 5.97 Å². The molecule has 1 aliphatic heterocycles.